The Balaban J connectivity index is 1.88. The van der Waals surface area contributed by atoms with Gasteiger partial charge >= 0.3 is 0 Å². The van der Waals surface area contributed by atoms with Crippen LogP contribution in [0.25, 0.3) is 11.0 Å². The Morgan fingerprint density at radius 2 is 2.00 bits per heavy atom. The summed E-state index contributed by atoms with van der Waals surface area (Å²) in [5.74, 6) is -0.296. The quantitative estimate of drug-likeness (QED) is 0.714. The lowest BCUT2D eigenvalue weighted by Crippen LogP contribution is -2.47. The third-order valence-electron chi connectivity index (χ3n) is 4.39. The molecule has 3 heterocycles. The number of nitrogens with two attached hydrogens (primary N) is 2. The molecule has 0 saturated carbocycles. The highest BCUT2D eigenvalue weighted by atomic mass is 19.1. The van der Waals surface area contributed by atoms with E-state index in [1.54, 1.807) is 36.2 Å². The third kappa shape index (κ3) is 3.02. The lowest BCUT2D eigenvalue weighted by molar-refractivity contribution is 0.409. The number of rotatable bonds is 2. The molecule has 27 heavy (non-hydrogen) atoms. The van der Waals surface area contributed by atoms with Gasteiger partial charge in [-0.3, -0.25) is 0 Å². The molecule has 1 unspecified atom stereocenters. The van der Waals surface area contributed by atoms with E-state index in [9.17, 15) is 8.78 Å². The van der Waals surface area contributed by atoms with Crippen LogP contribution in [0.4, 0.5) is 8.78 Å². The molecule has 9 heteroatoms. The van der Waals surface area contributed by atoms with E-state index in [-0.39, 0.29) is 18.1 Å². The summed E-state index contributed by atoms with van der Waals surface area (Å²) >= 11 is 0. The second kappa shape index (κ2) is 6.44. The van der Waals surface area contributed by atoms with Gasteiger partial charge in [0.25, 0.3) is 0 Å². The lowest BCUT2D eigenvalue weighted by Gasteiger charge is -2.28. The summed E-state index contributed by atoms with van der Waals surface area (Å²) in [6.45, 7) is 0. The number of aromatic nitrogens is 3. The van der Waals surface area contributed by atoms with Gasteiger partial charge in [-0.1, -0.05) is 18.2 Å². The molecule has 0 amide bonds. The highest BCUT2D eigenvalue weighted by Crippen LogP contribution is 2.22. The van der Waals surface area contributed by atoms with Gasteiger partial charge in [-0.05, 0) is 17.7 Å². The fourth-order valence-corrected chi connectivity index (χ4v) is 2.98. The summed E-state index contributed by atoms with van der Waals surface area (Å²) in [5.41, 5.74) is 13.7. The van der Waals surface area contributed by atoms with Crippen LogP contribution in [-0.2, 0) is 6.42 Å². The number of likely N-dealkylation sites (N-methyl/N-ethyl adjacent to an activating group) is 1. The maximum atomic E-state index is 14.1. The van der Waals surface area contributed by atoms with E-state index in [4.69, 9.17) is 11.5 Å². The Labute approximate surface area is 153 Å². The second-order valence-electron chi connectivity index (χ2n) is 6.25. The largest absolute Gasteiger partial charge is 0.384 e. The van der Waals surface area contributed by atoms with Crippen molar-refractivity contribution in [2.75, 3.05) is 7.05 Å². The first-order valence-electron chi connectivity index (χ1n) is 8.25. The van der Waals surface area contributed by atoms with Crippen LogP contribution in [0.1, 0.15) is 11.3 Å². The van der Waals surface area contributed by atoms with Crippen LogP contribution < -0.4 is 11.5 Å². The highest BCUT2D eigenvalue weighted by molar-refractivity contribution is 5.93. The van der Waals surface area contributed by atoms with Gasteiger partial charge in [-0.2, -0.15) is 14.8 Å². The monoisotopic (exact) mass is 369 g/mol. The molecule has 0 bridgehead atoms. The van der Waals surface area contributed by atoms with E-state index < -0.39 is 12.0 Å². The molecule has 3 aromatic rings. The number of fused-ring (bicyclic) bond motifs is 1. The van der Waals surface area contributed by atoms with Gasteiger partial charge in [-0.25, -0.2) is 13.8 Å². The number of halogens is 2. The molecule has 7 nitrogen and oxygen atoms in total. The Bertz CT molecular complexity index is 1090. The highest BCUT2D eigenvalue weighted by Gasteiger charge is 2.24. The van der Waals surface area contributed by atoms with Crippen molar-refractivity contribution in [3.63, 3.8) is 0 Å². The van der Waals surface area contributed by atoms with Gasteiger partial charge in [0, 0.05) is 19.5 Å². The van der Waals surface area contributed by atoms with Gasteiger partial charge in [0.15, 0.2) is 0 Å². The van der Waals surface area contributed by atoms with Crippen LogP contribution in [0, 0.1) is 11.6 Å². The van der Waals surface area contributed by atoms with E-state index in [0.29, 0.717) is 28.3 Å². The molecule has 138 valence electrons. The van der Waals surface area contributed by atoms with E-state index in [2.05, 4.69) is 15.1 Å². The fourth-order valence-electron chi connectivity index (χ4n) is 2.98. The maximum absolute atomic E-state index is 14.1. The molecule has 1 aliphatic rings. The van der Waals surface area contributed by atoms with Crippen molar-refractivity contribution in [2.24, 2.45) is 16.5 Å². The predicted octanol–water partition coefficient (Wildman–Crippen LogP) is 1.53. The molecule has 1 aromatic carbocycles. The van der Waals surface area contributed by atoms with Crippen molar-refractivity contribution in [3.05, 3.63) is 71.3 Å². The molecule has 0 saturated heterocycles. The predicted molar refractivity (Wildman–Crippen MR) is 97.5 cm³/mol. The zero-order chi connectivity index (χ0) is 19.1. The Morgan fingerprint density at radius 1 is 1.22 bits per heavy atom. The average Bonchev–Trinajstić information content (AvgIpc) is 2.97. The molecule has 4 N–H and O–H groups in total. The molecular formula is C18H17F2N7. The minimum absolute atomic E-state index is 0.198. The fraction of sp³-hybridized carbons (Fsp3) is 0.167. The summed E-state index contributed by atoms with van der Waals surface area (Å²) in [6.07, 6.45) is 2.39. The van der Waals surface area contributed by atoms with Gasteiger partial charge in [0.2, 0.25) is 5.96 Å². The number of nitrogens with zero attached hydrogens (tertiary/aromatic N) is 5. The molecule has 1 atom stereocenters. The molecule has 4 rings (SSSR count). The minimum atomic E-state index is -0.520. The zero-order valence-corrected chi connectivity index (χ0v) is 14.5. The number of aliphatic imine (C=N–C) groups is 1. The van der Waals surface area contributed by atoms with Crippen molar-refractivity contribution in [1.29, 1.82) is 0 Å². The van der Waals surface area contributed by atoms with E-state index >= 15 is 0 Å². The normalized spacial score (nSPS) is 17.2. The lowest BCUT2D eigenvalue weighted by atomic mass is 10.1. The van der Waals surface area contributed by atoms with Crippen LogP contribution in [0.5, 0.6) is 0 Å². The first-order valence-corrected chi connectivity index (χ1v) is 8.25. The summed E-state index contributed by atoms with van der Waals surface area (Å²) in [7, 11) is 1.73. The van der Waals surface area contributed by atoms with Crippen molar-refractivity contribution >= 4 is 17.0 Å². The Morgan fingerprint density at radius 3 is 2.78 bits per heavy atom. The zero-order valence-electron chi connectivity index (χ0n) is 14.5. The first-order chi connectivity index (χ1) is 12.9. The third-order valence-corrected chi connectivity index (χ3v) is 4.39. The van der Waals surface area contributed by atoms with Crippen molar-refractivity contribution in [1.82, 2.24) is 19.7 Å². The molecule has 0 aliphatic carbocycles. The SMILES string of the molecule is CN1C(n2nc(Cc3ccccc3F)c3ncc(F)cc32)=NC(N)=CC1N. The summed E-state index contributed by atoms with van der Waals surface area (Å²) in [4.78, 5) is 10.1. The van der Waals surface area contributed by atoms with Gasteiger partial charge in [0.05, 0.1) is 17.4 Å². The molecule has 0 spiro atoms. The Kier molecular flexibility index (Phi) is 4.08. The summed E-state index contributed by atoms with van der Waals surface area (Å²) in [6, 6.07) is 7.71. The second-order valence-corrected chi connectivity index (χ2v) is 6.25. The molecule has 2 aromatic heterocycles. The topological polar surface area (TPSA) is 98.3 Å². The van der Waals surface area contributed by atoms with E-state index in [1.165, 1.54) is 16.8 Å². The number of hydrogen-bond acceptors (Lipinski definition) is 6. The standard InChI is InChI=1S/C18H17F2N7/c1-26-16(22)8-15(21)24-18(26)27-14-7-11(19)9-23-17(14)13(25-27)6-10-4-2-3-5-12(10)20/h2-5,7-9,16H,6,21-22H2,1H3. The van der Waals surface area contributed by atoms with Crippen molar-refractivity contribution < 1.29 is 8.78 Å². The van der Waals surface area contributed by atoms with Crippen LogP contribution in [0.15, 0.2) is 53.4 Å². The number of pyridine rings is 1. The molecular weight excluding hydrogens is 352 g/mol. The molecule has 0 fully saturated rings. The van der Waals surface area contributed by atoms with E-state index in [0.717, 1.165) is 6.20 Å². The first kappa shape index (κ1) is 17.1. The maximum Gasteiger partial charge on any atom is 0.230 e. The minimum Gasteiger partial charge on any atom is -0.384 e. The average molecular weight is 369 g/mol. The number of hydrogen-bond donors (Lipinski definition) is 2. The van der Waals surface area contributed by atoms with Gasteiger partial charge in [-0.15, -0.1) is 0 Å². The van der Waals surface area contributed by atoms with Crippen LogP contribution >= 0.6 is 0 Å². The molecule has 1 aliphatic heterocycles. The van der Waals surface area contributed by atoms with Crippen LogP contribution in [0.2, 0.25) is 0 Å². The van der Waals surface area contributed by atoms with Crippen LogP contribution in [0.3, 0.4) is 0 Å². The smallest absolute Gasteiger partial charge is 0.230 e. The van der Waals surface area contributed by atoms with Crippen LogP contribution in [-0.4, -0.2) is 38.8 Å². The van der Waals surface area contributed by atoms with E-state index in [1.807, 2.05) is 0 Å². The van der Waals surface area contributed by atoms with Crippen molar-refractivity contribution in [3.8, 4) is 0 Å². The summed E-state index contributed by atoms with van der Waals surface area (Å²) < 4.78 is 29.4. The molecule has 0 radical (unpaired) electrons. The van der Waals surface area contributed by atoms with Gasteiger partial charge < -0.3 is 16.4 Å². The summed E-state index contributed by atoms with van der Waals surface area (Å²) in [5, 5.41) is 4.52. The van der Waals surface area contributed by atoms with Crippen molar-refractivity contribution in [2.45, 2.75) is 12.6 Å². The Hall–Kier alpha value is -3.33. The van der Waals surface area contributed by atoms with Gasteiger partial charge in [0.1, 0.15) is 29.1 Å². The number of benzene rings is 1.